The number of likely N-dealkylation sites (tertiary alicyclic amines) is 1. The molecule has 0 aliphatic carbocycles. The third-order valence-electron chi connectivity index (χ3n) is 4.57. The molecule has 1 aliphatic heterocycles. The van der Waals surface area contributed by atoms with Crippen molar-refractivity contribution in [3.05, 3.63) is 23.8 Å². The normalized spacial score (nSPS) is 16.9. The Kier molecular flexibility index (Phi) is 7.75. The Morgan fingerprint density at radius 1 is 1.15 bits per heavy atom. The number of amides is 2. The van der Waals surface area contributed by atoms with E-state index in [2.05, 4.69) is 5.32 Å². The van der Waals surface area contributed by atoms with Crippen LogP contribution in [-0.2, 0) is 16.0 Å². The van der Waals surface area contributed by atoms with Gasteiger partial charge in [0.25, 0.3) is 0 Å². The highest BCUT2D eigenvalue weighted by Gasteiger charge is 2.27. The van der Waals surface area contributed by atoms with Crippen LogP contribution in [0.2, 0.25) is 0 Å². The van der Waals surface area contributed by atoms with E-state index in [1.54, 1.807) is 4.90 Å². The Labute approximate surface area is 155 Å². The van der Waals surface area contributed by atoms with Crippen LogP contribution < -0.4 is 14.8 Å². The Balaban J connectivity index is 1.87. The van der Waals surface area contributed by atoms with E-state index in [-0.39, 0.29) is 6.04 Å². The third-order valence-corrected chi connectivity index (χ3v) is 4.57. The highest BCUT2D eigenvalue weighted by Crippen LogP contribution is 2.28. The van der Waals surface area contributed by atoms with E-state index in [1.165, 1.54) is 0 Å². The molecule has 0 aromatic heterocycles. The van der Waals surface area contributed by atoms with Gasteiger partial charge in [-0.2, -0.15) is 0 Å². The number of hydrogen-bond acceptors (Lipinski definition) is 4. The molecule has 26 heavy (non-hydrogen) atoms. The van der Waals surface area contributed by atoms with Crippen LogP contribution in [0.15, 0.2) is 18.2 Å². The maximum Gasteiger partial charge on any atom is 0.312 e. The lowest BCUT2D eigenvalue weighted by atomic mass is 10.0. The van der Waals surface area contributed by atoms with Gasteiger partial charge in [-0.25, -0.2) is 0 Å². The zero-order valence-electron chi connectivity index (χ0n) is 16.0. The number of ether oxygens (including phenoxy) is 2. The molecule has 1 aromatic carbocycles. The monoisotopic (exact) mass is 362 g/mol. The molecule has 6 heteroatoms. The standard InChI is InChI=1S/C20H30N2O4/c1-4-25-17-10-9-16(14-18(17)26-5-2)11-12-21-19(23)20(24)22-13-7-6-8-15(22)3/h9-10,14-15H,4-8,11-13H2,1-3H3,(H,21,23). The molecule has 1 heterocycles. The SMILES string of the molecule is CCOc1ccc(CCNC(=O)C(=O)N2CCCCC2C)cc1OCC. The molecule has 1 unspecified atom stereocenters. The van der Waals surface area contributed by atoms with E-state index in [0.717, 1.165) is 30.6 Å². The van der Waals surface area contributed by atoms with Crippen LogP contribution in [0.3, 0.4) is 0 Å². The lowest BCUT2D eigenvalue weighted by Gasteiger charge is -2.32. The molecule has 1 aliphatic rings. The summed E-state index contributed by atoms with van der Waals surface area (Å²) in [6.07, 6.45) is 3.68. The van der Waals surface area contributed by atoms with Crippen LogP contribution in [-0.4, -0.2) is 49.1 Å². The van der Waals surface area contributed by atoms with Crippen molar-refractivity contribution in [3.63, 3.8) is 0 Å². The minimum Gasteiger partial charge on any atom is -0.490 e. The molecule has 1 atom stereocenters. The molecular formula is C20H30N2O4. The predicted molar refractivity (Wildman–Crippen MR) is 101 cm³/mol. The van der Waals surface area contributed by atoms with Crippen molar-refractivity contribution in [2.24, 2.45) is 0 Å². The van der Waals surface area contributed by atoms with E-state index in [1.807, 2.05) is 39.0 Å². The zero-order chi connectivity index (χ0) is 18.9. The number of rotatable bonds is 7. The van der Waals surface area contributed by atoms with E-state index < -0.39 is 11.8 Å². The van der Waals surface area contributed by atoms with Gasteiger partial charge in [0, 0.05) is 19.1 Å². The number of benzene rings is 1. The summed E-state index contributed by atoms with van der Waals surface area (Å²) in [7, 11) is 0. The molecule has 2 amide bonds. The number of carbonyl (C=O) groups excluding carboxylic acids is 2. The Hall–Kier alpha value is -2.24. The average Bonchev–Trinajstić information content (AvgIpc) is 2.64. The minimum absolute atomic E-state index is 0.141. The molecular weight excluding hydrogens is 332 g/mol. The van der Waals surface area contributed by atoms with Crippen molar-refractivity contribution in [1.29, 1.82) is 0 Å². The summed E-state index contributed by atoms with van der Waals surface area (Å²) in [5.41, 5.74) is 1.02. The van der Waals surface area contributed by atoms with Crippen molar-refractivity contribution in [1.82, 2.24) is 10.2 Å². The van der Waals surface area contributed by atoms with Crippen molar-refractivity contribution in [3.8, 4) is 11.5 Å². The van der Waals surface area contributed by atoms with Gasteiger partial charge < -0.3 is 19.7 Å². The van der Waals surface area contributed by atoms with Gasteiger partial charge in [0.1, 0.15) is 0 Å². The smallest absolute Gasteiger partial charge is 0.312 e. The summed E-state index contributed by atoms with van der Waals surface area (Å²) in [6.45, 7) is 8.07. The summed E-state index contributed by atoms with van der Waals surface area (Å²) in [5, 5.41) is 2.74. The van der Waals surface area contributed by atoms with Crippen LogP contribution in [0.25, 0.3) is 0 Å². The first kappa shape index (κ1) is 20.1. The van der Waals surface area contributed by atoms with Gasteiger partial charge in [-0.3, -0.25) is 9.59 Å². The van der Waals surface area contributed by atoms with Gasteiger partial charge >= 0.3 is 11.8 Å². The summed E-state index contributed by atoms with van der Waals surface area (Å²) in [6, 6.07) is 5.90. The van der Waals surface area contributed by atoms with Gasteiger partial charge in [0.05, 0.1) is 13.2 Å². The Morgan fingerprint density at radius 2 is 1.88 bits per heavy atom. The molecule has 1 fully saturated rings. The molecule has 0 radical (unpaired) electrons. The molecule has 1 N–H and O–H groups in total. The highest BCUT2D eigenvalue weighted by molar-refractivity contribution is 6.35. The molecule has 144 valence electrons. The molecule has 6 nitrogen and oxygen atoms in total. The van der Waals surface area contributed by atoms with Crippen molar-refractivity contribution < 1.29 is 19.1 Å². The summed E-state index contributed by atoms with van der Waals surface area (Å²) >= 11 is 0. The number of carbonyl (C=O) groups is 2. The summed E-state index contributed by atoms with van der Waals surface area (Å²) < 4.78 is 11.2. The van der Waals surface area contributed by atoms with E-state index in [9.17, 15) is 9.59 Å². The second kappa shape index (κ2) is 10.0. The van der Waals surface area contributed by atoms with E-state index in [4.69, 9.17) is 9.47 Å². The highest BCUT2D eigenvalue weighted by atomic mass is 16.5. The summed E-state index contributed by atoms with van der Waals surface area (Å²) in [5.74, 6) is 0.487. The number of nitrogens with zero attached hydrogens (tertiary/aromatic N) is 1. The molecule has 2 rings (SSSR count). The van der Waals surface area contributed by atoms with Crippen LogP contribution >= 0.6 is 0 Å². The molecule has 1 aromatic rings. The van der Waals surface area contributed by atoms with Gasteiger partial charge in [-0.05, 0) is 64.2 Å². The largest absolute Gasteiger partial charge is 0.490 e. The zero-order valence-corrected chi connectivity index (χ0v) is 16.0. The molecule has 0 bridgehead atoms. The fourth-order valence-corrected chi connectivity index (χ4v) is 3.18. The van der Waals surface area contributed by atoms with E-state index in [0.29, 0.717) is 38.5 Å². The maximum atomic E-state index is 12.3. The lowest BCUT2D eigenvalue weighted by Crippen LogP contribution is -2.49. The van der Waals surface area contributed by atoms with Crippen LogP contribution in [0, 0.1) is 0 Å². The second-order valence-electron chi connectivity index (χ2n) is 6.50. The molecule has 0 saturated carbocycles. The van der Waals surface area contributed by atoms with Crippen LogP contribution in [0.4, 0.5) is 0 Å². The average molecular weight is 362 g/mol. The van der Waals surface area contributed by atoms with E-state index >= 15 is 0 Å². The van der Waals surface area contributed by atoms with Crippen LogP contribution in [0.1, 0.15) is 45.6 Å². The fourth-order valence-electron chi connectivity index (χ4n) is 3.18. The van der Waals surface area contributed by atoms with Crippen molar-refractivity contribution >= 4 is 11.8 Å². The van der Waals surface area contributed by atoms with Gasteiger partial charge in [0.15, 0.2) is 11.5 Å². The second-order valence-corrected chi connectivity index (χ2v) is 6.50. The molecule has 0 spiro atoms. The number of hydrogen-bond donors (Lipinski definition) is 1. The quantitative estimate of drug-likeness (QED) is 0.757. The number of piperidine rings is 1. The topological polar surface area (TPSA) is 67.9 Å². The minimum atomic E-state index is -0.519. The van der Waals surface area contributed by atoms with Gasteiger partial charge in [-0.1, -0.05) is 6.07 Å². The maximum absolute atomic E-state index is 12.3. The fraction of sp³-hybridized carbons (Fsp3) is 0.600. The summed E-state index contributed by atoms with van der Waals surface area (Å²) in [4.78, 5) is 26.1. The van der Waals surface area contributed by atoms with Crippen molar-refractivity contribution in [2.45, 2.75) is 52.5 Å². The van der Waals surface area contributed by atoms with Crippen molar-refractivity contribution in [2.75, 3.05) is 26.3 Å². The lowest BCUT2D eigenvalue weighted by molar-refractivity contribution is -0.148. The van der Waals surface area contributed by atoms with Gasteiger partial charge in [-0.15, -0.1) is 0 Å². The van der Waals surface area contributed by atoms with Gasteiger partial charge in [0.2, 0.25) is 0 Å². The van der Waals surface area contributed by atoms with Crippen LogP contribution in [0.5, 0.6) is 11.5 Å². The predicted octanol–water partition coefficient (Wildman–Crippen LogP) is 2.54. The Morgan fingerprint density at radius 3 is 2.58 bits per heavy atom. The molecule has 1 saturated heterocycles. The first-order valence-corrected chi connectivity index (χ1v) is 9.54. The first-order valence-electron chi connectivity index (χ1n) is 9.54. The number of nitrogens with one attached hydrogen (secondary N) is 1. The Bertz CT molecular complexity index is 618. The third kappa shape index (κ3) is 5.38. The first-order chi connectivity index (χ1) is 12.6.